The standard InChI is InChI=1S/C15H12Cl3F/c16-9-12(10-1-3-13(17)4-2-10)7-11-8-14(19)5-6-15(11)18/h1-6,8,12H,7,9H2. The van der Waals surface area contributed by atoms with Crippen molar-refractivity contribution in [2.45, 2.75) is 12.3 Å². The summed E-state index contributed by atoms with van der Waals surface area (Å²) < 4.78 is 13.2. The van der Waals surface area contributed by atoms with Crippen LogP contribution in [0.5, 0.6) is 0 Å². The Kier molecular flexibility index (Phi) is 5.09. The highest BCUT2D eigenvalue weighted by Crippen LogP contribution is 2.27. The molecule has 0 aliphatic rings. The van der Waals surface area contributed by atoms with E-state index in [-0.39, 0.29) is 11.7 Å². The molecule has 0 saturated heterocycles. The molecule has 2 rings (SSSR count). The van der Waals surface area contributed by atoms with Gasteiger partial charge in [0.1, 0.15) is 5.82 Å². The van der Waals surface area contributed by atoms with Crippen LogP contribution in [-0.4, -0.2) is 5.88 Å². The van der Waals surface area contributed by atoms with Crippen LogP contribution in [0.1, 0.15) is 17.0 Å². The SMILES string of the molecule is Fc1ccc(Cl)c(CC(CCl)c2ccc(Cl)cc2)c1. The quantitative estimate of drug-likeness (QED) is 0.635. The normalized spacial score (nSPS) is 12.4. The van der Waals surface area contributed by atoms with E-state index < -0.39 is 0 Å². The van der Waals surface area contributed by atoms with Crippen LogP contribution in [-0.2, 0) is 6.42 Å². The summed E-state index contributed by atoms with van der Waals surface area (Å²) in [7, 11) is 0. The van der Waals surface area contributed by atoms with Crippen molar-refractivity contribution in [1.82, 2.24) is 0 Å². The molecule has 19 heavy (non-hydrogen) atoms. The van der Waals surface area contributed by atoms with E-state index in [0.29, 0.717) is 22.3 Å². The van der Waals surface area contributed by atoms with E-state index in [1.54, 1.807) is 6.07 Å². The Balaban J connectivity index is 2.23. The number of halogens is 4. The summed E-state index contributed by atoms with van der Waals surface area (Å²) in [6.07, 6.45) is 0.599. The second-order valence-corrected chi connectivity index (χ2v) is 5.49. The Morgan fingerprint density at radius 3 is 2.32 bits per heavy atom. The molecule has 0 aliphatic heterocycles. The van der Waals surface area contributed by atoms with Crippen LogP contribution < -0.4 is 0 Å². The Morgan fingerprint density at radius 2 is 1.68 bits per heavy atom. The summed E-state index contributed by atoms with van der Waals surface area (Å²) >= 11 is 18.0. The molecule has 0 aromatic heterocycles. The van der Waals surface area contributed by atoms with Crippen molar-refractivity contribution in [3.8, 4) is 0 Å². The molecule has 2 aromatic carbocycles. The van der Waals surface area contributed by atoms with Crippen molar-refractivity contribution >= 4 is 34.8 Å². The van der Waals surface area contributed by atoms with Crippen LogP contribution in [0.25, 0.3) is 0 Å². The second-order valence-electron chi connectivity index (χ2n) is 4.34. The predicted octanol–water partition coefficient (Wildman–Crippen LogP) is 5.70. The fraction of sp³-hybridized carbons (Fsp3) is 0.200. The van der Waals surface area contributed by atoms with Crippen LogP contribution in [0.4, 0.5) is 4.39 Å². The summed E-state index contributed by atoms with van der Waals surface area (Å²) in [5.41, 5.74) is 1.84. The van der Waals surface area contributed by atoms with Gasteiger partial charge in [0.2, 0.25) is 0 Å². The zero-order valence-corrected chi connectivity index (χ0v) is 12.3. The lowest BCUT2D eigenvalue weighted by atomic mass is 9.93. The summed E-state index contributed by atoms with van der Waals surface area (Å²) in [5, 5.41) is 1.24. The van der Waals surface area contributed by atoms with Gasteiger partial charge in [-0.1, -0.05) is 35.3 Å². The number of hydrogen-bond donors (Lipinski definition) is 0. The van der Waals surface area contributed by atoms with Crippen LogP contribution >= 0.6 is 34.8 Å². The lowest BCUT2D eigenvalue weighted by molar-refractivity contribution is 0.623. The van der Waals surface area contributed by atoms with Crippen molar-refractivity contribution in [2.75, 3.05) is 5.88 Å². The predicted molar refractivity (Wildman–Crippen MR) is 80.0 cm³/mol. The number of hydrogen-bond acceptors (Lipinski definition) is 0. The Morgan fingerprint density at radius 1 is 1.00 bits per heavy atom. The molecule has 1 atom stereocenters. The maximum Gasteiger partial charge on any atom is 0.123 e. The maximum absolute atomic E-state index is 13.2. The zero-order chi connectivity index (χ0) is 13.8. The van der Waals surface area contributed by atoms with E-state index in [1.807, 2.05) is 24.3 Å². The monoisotopic (exact) mass is 316 g/mol. The van der Waals surface area contributed by atoms with Gasteiger partial charge in [-0.3, -0.25) is 0 Å². The largest absolute Gasteiger partial charge is 0.207 e. The van der Waals surface area contributed by atoms with E-state index >= 15 is 0 Å². The highest BCUT2D eigenvalue weighted by Gasteiger charge is 2.14. The summed E-state index contributed by atoms with van der Waals surface area (Å²) in [6.45, 7) is 0. The van der Waals surface area contributed by atoms with E-state index in [1.165, 1.54) is 12.1 Å². The highest BCUT2D eigenvalue weighted by molar-refractivity contribution is 6.31. The van der Waals surface area contributed by atoms with E-state index in [4.69, 9.17) is 34.8 Å². The fourth-order valence-corrected chi connectivity index (χ4v) is 2.57. The first-order valence-electron chi connectivity index (χ1n) is 5.85. The van der Waals surface area contributed by atoms with Gasteiger partial charge in [-0.25, -0.2) is 4.39 Å². The average molecular weight is 318 g/mol. The van der Waals surface area contributed by atoms with E-state index in [2.05, 4.69) is 0 Å². The molecule has 0 saturated carbocycles. The van der Waals surface area contributed by atoms with Gasteiger partial charge in [-0.15, -0.1) is 11.6 Å². The topological polar surface area (TPSA) is 0 Å². The molecule has 0 bridgehead atoms. The summed E-state index contributed by atoms with van der Waals surface area (Å²) in [5.74, 6) is 0.233. The average Bonchev–Trinajstić information content (AvgIpc) is 2.41. The molecule has 0 fully saturated rings. The smallest absolute Gasteiger partial charge is 0.123 e. The van der Waals surface area contributed by atoms with Crippen LogP contribution in [0.3, 0.4) is 0 Å². The first-order valence-corrected chi connectivity index (χ1v) is 7.14. The minimum Gasteiger partial charge on any atom is -0.207 e. The van der Waals surface area contributed by atoms with Crippen molar-refractivity contribution in [2.24, 2.45) is 0 Å². The number of alkyl halides is 1. The van der Waals surface area contributed by atoms with Gasteiger partial charge >= 0.3 is 0 Å². The highest BCUT2D eigenvalue weighted by atomic mass is 35.5. The first-order chi connectivity index (χ1) is 9.10. The van der Waals surface area contributed by atoms with Crippen LogP contribution in [0.15, 0.2) is 42.5 Å². The van der Waals surface area contributed by atoms with Crippen molar-refractivity contribution in [3.63, 3.8) is 0 Å². The van der Waals surface area contributed by atoms with E-state index in [0.717, 1.165) is 11.1 Å². The van der Waals surface area contributed by atoms with Crippen molar-refractivity contribution < 1.29 is 4.39 Å². The maximum atomic E-state index is 13.2. The Labute approximate surface area is 127 Å². The Hall–Kier alpha value is -0.760. The van der Waals surface area contributed by atoms with Gasteiger partial charge in [0.25, 0.3) is 0 Å². The Bertz CT molecular complexity index is 552. The fourth-order valence-electron chi connectivity index (χ4n) is 1.96. The van der Waals surface area contributed by atoms with E-state index in [9.17, 15) is 4.39 Å². The molecular weight excluding hydrogens is 306 g/mol. The zero-order valence-electron chi connectivity index (χ0n) is 10.0. The van der Waals surface area contributed by atoms with Crippen molar-refractivity contribution in [1.29, 1.82) is 0 Å². The molecule has 4 heteroatoms. The lowest BCUT2D eigenvalue weighted by Gasteiger charge is -2.15. The van der Waals surface area contributed by atoms with Crippen LogP contribution in [0, 0.1) is 5.82 Å². The summed E-state index contributed by atoms with van der Waals surface area (Å²) in [6, 6.07) is 11.9. The third-order valence-corrected chi connectivity index (χ3v) is 3.99. The molecule has 0 radical (unpaired) electrons. The number of rotatable bonds is 4. The summed E-state index contributed by atoms with van der Waals surface area (Å²) in [4.78, 5) is 0. The van der Waals surface area contributed by atoms with Gasteiger partial charge in [-0.2, -0.15) is 0 Å². The molecule has 0 amide bonds. The molecule has 0 aliphatic carbocycles. The molecule has 0 nitrogen and oxygen atoms in total. The third-order valence-electron chi connectivity index (χ3n) is 3.00. The first kappa shape index (κ1) is 14.6. The van der Waals surface area contributed by atoms with Gasteiger partial charge < -0.3 is 0 Å². The van der Waals surface area contributed by atoms with Gasteiger partial charge in [0.05, 0.1) is 0 Å². The van der Waals surface area contributed by atoms with Gasteiger partial charge in [0.15, 0.2) is 0 Å². The van der Waals surface area contributed by atoms with Gasteiger partial charge in [-0.05, 0) is 47.9 Å². The molecule has 0 heterocycles. The molecule has 0 spiro atoms. The molecule has 2 aromatic rings. The van der Waals surface area contributed by atoms with Gasteiger partial charge in [0, 0.05) is 21.8 Å². The third kappa shape index (κ3) is 3.85. The van der Waals surface area contributed by atoms with Crippen LogP contribution in [0.2, 0.25) is 10.0 Å². The molecule has 0 N–H and O–H groups in total. The lowest BCUT2D eigenvalue weighted by Crippen LogP contribution is -2.05. The minimum absolute atomic E-state index is 0.0817. The second kappa shape index (κ2) is 6.60. The minimum atomic E-state index is -0.288. The number of benzene rings is 2. The van der Waals surface area contributed by atoms with Crippen molar-refractivity contribution in [3.05, 3.63) is 69.5 Å². The molecule has 1 unspecified atom stereocenters. The molecule has 100 valence electrons. The molecular formula is C15H12Cl3F.